The van der Waals surface area contributed by atoms with Crippen LogP contribution in [-0.4, -0.2) is 0 Å². The molecular weight excluding hydrogens is 695 g/mol. The molecule has 0 saturated carbocycles. The van der Waals surface area contributed by atoms with Gasteiger partial charge in [0.05, 0.1) is 5.69 Å². The van der Waals surface area contributed by atoms with E-state index in [2.05, 4.69) is 217 Å². The van der Waals surface area contributed by atoms with Gasteiger partial charge >= 0.3 is 0 Å². The van der Waals surface area contributed by atoms with Crippen LogP contribution in [0.3, 0.4) is 0 Å². The first-order valence-electron chi connectivity index (χ1n) is 19.2. The number of nitrogens with zero attached hydrogens (tertiary/aromatic N) is 1. The van der Waals surface area contributed by atoms with Gasteiger partial charge in [0.1, 0.15) is 0 Å². The molecule has 2 heteroatoms. The Hall–Kier alpha value is -7.00. The average Bonchev–Trinajstić information content (AvgIpc) is 3.64. The molecule has 10 aromatic carbocycles. The fraction of sp³-hybridized carbons (Fsp3) is 0. The molecule has 0 fully saturated rings. The van der Waals surface area contributed by atoms with Crippen molar-refractivity contribution in [2.75, 3.05) is 4.90 Å². The van der Waals surface area contributed by atoms with E-state index in [0.717, 1.165) is 11.4 Å². The summed E-state index contributed by atoms with van der Waals surface area (Å²) >= 11 is 1.87. The maximum atomic E-state index is 2.39. The number of fused-ring (bicyclic) bond motifs is 7. The SMILES string of the molecule is c1ccc(N(c2ccc(-c3cccc(-c4ccc5sc6ccc(-c7cccc8ccccc78)cc6c5c4)c3)cc2)c2cc3ccccc3c3ccccc23)cc1. The third-order valence-corrected chi connectivity index (χ3v) is 12.4. The van der Waals surface area contributed by atoms with Gasteiger partial charge in [0.25, 0.3) is 0 Å². The van der Waals surface area contributed by atoms with E-state index in [4.69, 9.17) is 0 Å². The van der Waals surface area contributed by atoms with Gasteiger partial charge in [-0.1, -0.05) is 152 Å². The highest BCUT2D eigenvalue weighted by molar-refractivity contribution is 7.25. The molecule has 0 aliphatic rings. The zero-order chi connectivity index (χ0) is 37.0. The van der Waals surface area contributed by atoms with Gasteiger partial charge in [-0.05, 0) is 121 Å². The van der Waals surface area contributed by atoms with E-state index < -0.39 is 0 Å². The maximum absolute atomic E-state index is 2.39. The molecule has 56 heavy (non-hydrogen) atoms. The van der Waals surface area contributed by atoms with Crippen LogP contribution in [0.25, 0.3) is 85.9 Å². The zero-order valence-corrected chi connectivity index (χ0v) is 31.4. The summed E-state index contributed by atoms with van der Waals surface area (Å²) < 4.78 is 2.63. The van der Waals surface area contributed by atoms with E-state index in [1.165, 1.54) is 91.6 Å². The monoisotopic (exact) mass is 729 g/mol. The molecular formula is C54H35NS. The second-order valence-electron chi connectivity index (χ2n) is 14.5. The van der Waals surface area contributed by atoms with Gasteiger partial charge in [-0.3, -0.25) is 0 Å². The van der Waals surface area contributed by atoms with Crippen molar-refractivity contribution in [3.8, 4) is 33.4 Å². The predicted molar refractivity (Wildman–Crippen MR) is 243 cm³/mol. The van der Waals surface area contributed by atoms with Crippen molar-refractivity contribution in [3.63, 3.8) is 0 Å². The lowest BCUT2D eigenvalue weighted by molar-refractivity contribution is 1.30. The Morgan fingerprint density at radius 2 is 0.821 bits per heavy atom. The minimum atomic E-state index is 1.12. The van der Waals surface area contributed by atoms with Crippen LogP contribution < -0.4 is 4.90 Å². The van der Waals surface area contributed by atoms with Gasteiger partial charge in [-0.25, -0.2) is 0 Å². The molecule has 0 unspecified atom stereocenters. The standard InChI is InChI=1S/C54H35NS/c1-2-17-43(18-3-1)55(52-35-41-13-5-7-20-47(41)48-21-8-9-22-49(48)52)44-28-24-36(25-29-44)38-15-10-16-39(32-38)40-26-30-53-50(33-40)51-34-42(27-31-54(51)56-53)46-23-11-14-37-12-4-6-19-45(37)46/h1-35H. The van der Waals surface area contributed by atoms with Gasteiger partial charge in [0.15, 0.2) is 0 Å². The van der Waals surface area contributed by atoms with E-state index in [1.807, 2.05) is 11.3 Å². The minimum Gasteiger partial charge on any atom is -0.310 e. The highest BCUT2D eigenvalue weighted by Gasteiger charge is 2.18. The van der Waals surface area contributed by atoms with Crippen LogP contribution in [0.15, 0.2) is 212 Å². The van der Waals surface area contributed by atoms with Crippen LogP contribution in [0.4, 0.5) is 17.1 Å². The molecule has 1 nitrogen and oxygen atoms in total. The fourth-order valence-corrected chi connectivity index (χ4v) is 9.57. The summed E-state index contributed by atoms with van der Waals surface area (Å²) in [6.45, 7) is 0. The number of thiophene rings is 1. The third kappa shape index (κ3) is 5.54. The number of rotatable bonds is 6. The second-order valence-corrected chi connectivity index (χ2v) is 15.6. The molecule has 1 heterocycles. The van der Waals surface area contributed by atoms with E-state index in [0.29, 0.717) is 0 Å². The summed E-state index contributed by atoms with van der Waals surface area (Å²) in [7, 11) is 0. The summed E-state index contributed by atoms with van der Waals surface area (Å²) in [5.74, 6) is 0. The second kappa shape index (κ2) is 13.4. The molecule has 0 atom stereocenters. The fourth-order valence-electron chi connectivity index (χ4n) is 8.51. The number of hydrogen-bond donors (Lipinski definition) is 0. The average molecular weight is 730 g/mol. The Labute approximate surface area is 330 Å². The van der Waals surface area contributed by atoms with Crippen LogP contribution in [0.5, 0.6) is 0 Å². The smallest absolute Gasteiger partial charge is 0.0546 e. The Bertz CT molecular complexity index is 3240. The third-order valence-electron chi connectivity index (χ3n) is 11.2. The van der Waals surface area contributed by atoms with Crippen LogP contribution >= 0.6 is 11.3 Å². The van der Waals surface area contributed by atoms with Gasteiger partial charge in [-0.15, -0.1) is 11.3 Å². The van der Waals surface area contributed by atoms with Gasteiger partial charge < -0.3 is 4.90 Å². The summed E-state index contributed by atoms with van der Waals surface area (Å²) in [4.78, 5) is 2.39. The molecule has 0 bridgehead atoms. The van der Waals surface area contributed by atoms with Crippen LogP contribution in [-0.2, 0) is 0 Å². The molecule has 11 rings (SSSR count). The normalized spacial score (nSPS) is 11.6. The predicted octanol–water partition coefficient (Wildman–Crippen LogP) is 16.0. The number of hydrogen-bond acceptors (Lipinski definition) is 2. The first-order valence-corrected chi connectivity index (χ1v) is 20.0. The van der Waals surface area contributed by atoms with E-state index >= 15 is 0 Å². The Balaban J connectivity index is 0.967. The lowest BCUT2D eigenvalue weighted by atomic mass is 9.96. The summed E-state index contributed by atoms with van der Waals surface area (Å²) in [6, 6.07) is 77.7. The minimum absolute atomic E-state index is 1.12. The van der Waals surface area contributed by atoms with Crippen molar-refractivity contribution in [3.05, 3.63) is 212 Å². The number of para-hydroxylation sites is 1. The first-order chi connectivity index (χ1) is 27.7. The Kier molecular flexibility index (Phi) is 7.75. The van der Waals surface area contributed by atoms with E-state index in [9.17, 15) is 0 Å². The highest BCUT2D eigenvalue weighted by Crippen LogP contribution is 2.43. The lowest BCUT2D eigenvalue weighted by Gasteiger charge is -2.27. The number of anilines is 3. The largest absolute Gasteiger partial charge is 0.310 e. The van der Waals surface area contributed by atoms with Crippen LogP contribution in [0.1, 0.15) is 0 Å². The zero-order valence-electron chi connectivity index (χ0n) is 30.6. The van der Waals surface area contributed by atoms with Crippen LogP contribution in [0, 0.1) is 0 Å². The molecule has 0 saturated heterocycles. The van der Waals surface area contributed by atoms with Crippen molar-refractivity contribution >= 4 is 80.9 Å². The van der Waals surface area contributed by atoms with Crippen molar-refractivity contribution in [2.24, 2.45) is 0 Å². The molecule has 0 amide bonds. The van der Waals surface area contributed by atoms with E-state index in [1.54, 1.807) is 0 Å². The molecule has 0 radical (unpaired) electrons. The first kappa shape index (κ1) is 32.4. The number of benzene rings is 10. The molecule has 0 aliphatic heterocycles. The molecule has 11 aromatic rings. The lowest BCUT2D eigenvalue weighted by Crippen LogP contribution is -2.10. The Morgan fingerprint density at radius 3 is 1.61 bits per heavy atom. The summed E-state index contributed by atoms with van der Waals surface area (Å²) in [5, 5.41) is 10.2. The molecule has 1 aromatic heterocycles. The van der Waals surface area contributed by atoms with Crippen molar-refractivity contribution in [1.29, 1.82) is 0 Å². The van der Waals surface area contributed by atoms with Gasteiger partial charge in [0.2, 0.25) is 0 Å². The quantitative estimate of drug-likeness (QED) is 0.154. The van der Waals surface area contributed by atoms with E-state index in [-0.39, 0.29) is 0 Å². The van der Waals surface area contributed by atoms with Crippen molar-refractivity contribution in [2.45, 2.75) is 0 Å². The van der Waals surface area contributed by atoms with Crippen molar-refractivity contribution in [1.82, 2.24) is 0 Å². The Morgan fingerprint density at radius 1 is 0.286 bits per heavy atom. The summed E-state index contributed by atoms with van der Waals surface area (Å²) in [5.41, 5.74) is 10.8. The van der Waals surface area contributed by atoms with Crippen LogP contribution in [0.2, 0.25) is 0 Å². The molecule has 0 spiro atoms. The highest BCUT2D eigenvalue weighted by atomic mass is 32.1. The van der Waals surface area contributed by atoms with Gasteiger partial charge in [0, 0.05) is 36.9 Å². The molecule has 262 valence electrons. The van der Waals surface area contributed by atoms with Crippen molar-refractivity contribution < 1.29 is 0 Å². The molecule has 0 N–H and O–H groups in total. The maximum Gasteiger partial charge on any atom is 0.0546 e. The topological polar surface area (TPSA) is 3.24 Å². The molecule has 0 aliphatic carbocycles. The van der Waals surface area contributed by atoms with Gasteiger partial charge in [-0.2, -0.15) is 0 Å². The summed E-state index contributed by atoms with van der Waals surface area (Å²) in [6.07, 6.45) is 0.